The van der Waals surface area contributed by atoms with Crippen LogP contribution >= 0.6 is 0 Å². The van der Waals surface area contributed by atoms with Crippen molar-refractivity contribution in [2.45, 2.75) is 58.9 Å². The van der Waals surface area contributed by atoms with Crippen molar-refractivity contribution in [3.63, 3.8) is 0 Å². The Hall–Kier alpha value is 0.557. The largest absolute Gasteiger partial charge is 1.00 e. The van der Waals surface area contributed by atoms with Gasteiger partial charge in [-0.3, -0.25) is 0 Å². The minimum absolute atomic E-state index is 0. The zero-order chi connectivity index (χ0) is 11.2. The number of nitrogens with zero attached hydrogens (tertiary/aromatic N) is 1. The second kappa shape index (κ2) is 8.68. The van der Waals surface area contributed by atoms with Crippen LogP contribution in [0.3, 0.4) is 0 Å². The van der Waals surface area contributed by atoms with E-state index in [9.17, 15) is 0 Å². The van der Waals surface area contributed by atoms with E-state index in [1.807, 2.05) is 0 Å². The first-order valence-electron chi connectivity index (χ1n) is 5.97. The second-order valence-electron chi connectivity index (χ2n) is 4.97. The van der Waals surface area contributed by atoms with Crippen molar-refractivity contribution >= 4 is 0 Å². The summed E-state index contributed by atoms with van der Waals surface area (Å²) in [5.74, 6) is 0.853. The molecule has 0 bridgehead atoms. The summed E-state index contributed by atoms with van der Waals surface area (Å²) < 4.78 is 0. The fourth-order valence-corrected chi connectivity index (χ4v) is 1.65. The van der Waals surface area contributed by atoms with Gasteiger partial charge in [-0.25, -0.2) is 0 Å². The molecule has 1 saturated heterocycles. The molecule has 15 heavy (non-hydrogen) atoms. The number of hydrogen-bond donors (Lipinski definition) is 0. The van der Waals surface area contributed by atoms with Crippen LogP contribution in [0.4, 0.5) is 0 Å². The summed E-state index contributed by atoms with van der Waals surface area (Å²) in [6.07, 6.45) is 5.05. The van der Waals surface area contributed by atoms with E-state index in [-0.39, 0.29) is 18.9 Å². The molecule has 0 N–H and O–H groups in total. The van der Waals surface area contributed by atoms with Crippen LogP contribution in [0.5, 0.6) is 0 Å². The topological polar surface area (TPSA) is 3.24 Å². The van der Waals surface area contributed by atoms with Crippen LogP contribution in [0.2, 0.25) is 0 Å². The Morgan fingerprint density at radius 2 is 1.87 bits per heavy atom. The summed E-state index contributed by atoms with van der Waals surface area (Å²) in [6, 6.07) is 0. The minimum atomic E-state index is 0. The van der Waals surface area contributed by atoms with E-state index in [0.717, 1.165) is 12.3 Å². The molecule has 1 fully saturated rings. The first-order valence-corrected chi connectivity index (χ1v) is 5.97. The SMILES string of the molecule is CC1CCCN(C)C1(C)C.[CH2-]CCC.[Li+]. The molecular weight excluding hydrogens is 177 g/mol. The quantitative estimate of drug-likeness (QED) is 0.451. The van der Waals surface area contributed by atoms with Gasteiger partial charge in [0.25, 0.3) is 0 Å². The van der Waals surface area contributed by atoms with Crippen molar-refractivity contribution in [1.29, 1.82) is 0 Å². The molecule has 1 nitrogen and oxygen atoms in total. The third kappa shape index (κ3) is 6.00. The van der Waals surface area contributed by atoms with Crippen molar-refractivity contribution in [3.8, 4) is 0 Å². The van der Waals surface area contributed by atoms with Crippen molar-refractivity contribution in [3.05, 3.63) is 6.92 Å². The zero-order valence-electron chi connectivity index (χ0n) is 11.8. The molecule has 1 unspecified atom stereocenters. The molecule has 0 aromatic carbocycles. The van der Waals surface area contributed by atoms with Gasteiger partial charge in [0.2, 0.25) is 0 Å². The molecule has 0 saturated carbocycles. The predicted octanol–water partition coefficient (Wildman–Crippen LogP) is 0.751. The number of rotatable bonds is 1. The normalized spacial score (nSPS) is 24.8. The minimum Gasteiger partial charge on any atom is -0.343 e. The Bertz CT molecular complexity index is 131. The molecular formula is C13H28LiN. The summed E-state index contributed by atoms with van der Waals surface area (Å²) in [6.45, 7) is 14.0. The summed E-state index contributed by atoms with van der Waals surface area (Å²) in [7, 11) is 2.23. The summed E-state index contributed by atoms with van der Waals surface area (Å²) in [5, 5.41) is 0. The van der Waals surface area contributed by atoms with E-state index in [0.29, 0.717) is 5.54 Å². The Morgan fingerprint density at radius 3 is 2.13 bits per heavy atom. The van der Waals surface area contributed by atoms with E-state index < -0.39 is 0 Å². The van der Waals surface area contributed by atoms with Gasteiger partial charge in [-0.2, -0.15) is 6.42 Å². The Morgan fingerprint density at radius 1 is 1.40 bits per heavy atom. The van der Waals surface area contributed by atoms with Gasteiger partial charge in [0.15, 0.2) is 0 Å². The Labute approximate surface area is 109 Å². The van der Waals surface area contributed by atoms with Gasteiger partial charge in [0.05, 0.1) is 0 Å². The van der Waals surface area contributed by atoms with Crippen LogP contribution in [0.1, 0.15) is 53.4 Å². The average molecular weight is 205 g/mol. The number of piperidine rings is 1. The predicted molar refractivity (Wildman–Crippen MR) is 65.4 cm³/mol. The summed E-state index contributed by atoms with van der Waals surface area (Å²) in [5.41, 5.74) is 0.429. The van der Waals surface area contributed by atoms with Gasteiger partial charge in [-0.05, 0) is 46.2 Å². The molecule has 1 aliphatic rings. The molecule has 2 heteroatoms. The fourth-order valence-electron chi connectivity index (χ4n) is 1.65. The molecule has 0 amide bonds. The molecule has 0 aromatic heterocycles. The number of hydrogen-bond acceptors (Lipinski definition) is 1. The third-order valence-electron chi connectivity index (χ3n) is 3.67. The van der Waals surface area contributed by atoms with Gasteiger partial charge < -0.3 is 11.8 Å². The molecule has 0 spiro atoms. The molecule has 1 atom stereocenters. The van der Waals surface area contributed by atoms with Crippen molar-refractivity contribution in [2.24, 2.45) is 5.92 Å². The maximum Gasteiger partial charge on any atom is 1.00 e. The standard InChI is InChI=1S/C9H19N.C4H9.Li/c1-8-6-5-7-10(4)9(8,2)3;1-3-4-2;/h8H,5-7H2,1-4H3;1,3-4H2,2H3;/q;-1;+1. The summed E-state index contributed by atoms with van der Waals surface area (Å²) in [4.78, 5) is 2.47. The molecule has 0 aliphatic carbocycles. The van der Waals surface area contributed by atoms with Crippen LogP contribution < -0.4 is 18.9 Å². The number of unbranched alkanes of at least 4 members (excludes halogenated alkanes) is 1. The number of likely N-dealkylation sites (tertiary alicyclic amines) is 1. The second-order valence-corrected chi connectivity index (χ2v) is 4.97. The Kier molecular flexibility index (Phi) is 10.4. The van der Waals surface area contributed by atoms with Gasteiger partial charge >= 0.3 is 18.9 Å². The molecule has 0 aromatic rings. The first-order chi connectivity index (χ1) is 6.46. The van der Waals surface area contributed by atoms with E-state index in [1.165, 1.54) is 25.8 Å². The van der Waals surface area contributed by atoms with Crippen LogP contribution in [-0.4, -0.2) is 24.0 Å². The van der Waals surface area contributed by atoms with E-state index in [1.54, 1.807) is 0 Å². The van der Waals surface area contributed by atoms with Gasteiger partial charge in [0.1, 0.15) is 0 Å². The average Bonchev–Trinajstić information content (AvgIpc) is 2.15. The van der Waals surface area contributed by atoms with Gasteiger partial charge in [-0.1, -0.05) is 20.3 Å². The van der Waals surface area contributed by atoms with E-state index >= 15 is 0 Å². The molecule has 86 valence electrons. The first kappa shape index (κ1) is 17.9. The van der Waals surface area contributed by atoms with E-state index in [4.69, 9.17) is 0 Å². The van der Waals surface area contributed by atoms with Gasteiger partial charge in [-0.15, -0.1) is 0 Å². The smallest absolute Gasteiger partial charge is 0.343 e. The molecule has 1 rings (SSSR count). The van der Waals surface area contributed by atoms with Crippen LogP contribution in [0.25, 0.3) is 0 Å². The Balaban J connectivity index is 0. The molecule has 1 heterocycles. The van der Waals surface area contributed by atoms with Crippen LogP contribution in [-0.2, 0) is 0 Å². The van der Waals surface area contributed by atoms with Crippen molar-refractivity contribution < 1.29 is 18.9 Å². The zero-order valence-corrected chi connectivity index (χ0v) is 11.8. The van der Waals surface area contributed by atoms with E-state index in [2.05, 4.69) is 46.6 Å². The maximum absolute atomic E-state index is 3.60. The van der Waals surface area contributed by atoms with Crippen LogP contribution in [0, 0.1) is 12.8 Å². The maximum atomic E-state index is 3.60. The fraction of sp³-hybridized carbons (Fsp3) is 0.923. The summed E-state index contributed by atoms with van der Waals surface area (Å²) >= 11 is 0. The van der Waals surface area contributed by atoms with Crippen LogP contribution in [0.15, 0.2) is 0 Å². The monoisotopic (exact) mass is 205 g/mol. The van der Waals surface area contributed by atoms with Crippen molar-refractivity contribution in [1.82, 2.24) is 4.90 Å². The molecule has 0 radical (unpaired) electrons. The third-order valence-corrected chi connectivity index (χ3v) is 3.67. The van der Waals surface area contributed by atoms with Gasteiger partial charge in [0, 0.05) is 5.54 Å². The van der Waals surface area contributed by atoms with Crippen molar-refractivity contribution in [2.75, 3.05) is 13.6 Å². The molecule has 1 aliphatic heterocycles.